The third kappa shape index (κ3) is 5.25. The van der Waals surface area contributed by atoms with Crippen molar-refractivity contribution in [1.29, 1.82) is 0 Å². The number of nitrogens with zero attached hydrogens (tertiary/aromatic N) is 2. The lowest BCUT2D eigenvalue weighted by molar-refractivity contribution is -0.127. The molecule has 0 spiro atoms. The van der Waals surface area contributed by atoms with E-state index >= 15 is 0 Å². The number of nitrogens with one attached hydrogen (secondary N) is 1. The molecule has 2 aliphatic rings. The minimum absolute atomic E-state index is 0.0164. The summed E-state index contributed by atoms with van der Waals surface area (Å²) in [6.07, 6.45) is 8.45. The summed E-state index contributed by atoms with van der Waals surface area (Å²) in [5.74, 6) is 0.336. The van der Waals surface area contributed by atoms with Gasteiger partial charge in [0.05, 0.1) is 5.69 Å². The van der Waals surface area contributed by atoms with Gasteiger partial charge in [-0.15, -0.1) is 0 Å². The summed E-state index contributed by atoms with van der Waals surface area (Å²) in [5.41, 5.74) is 8.81. The first-order valence-corrected chi connectivity index (χ1v) is 10.8. The fraction of sp³-hybridized carbons (Fsp3) is 0.522. The lowest BCUT2D eigenvalue weighted by Crippen LogP contribution is -2.34. The van der Waals surface area contributed by atoms with Crippen LogP contribution in [0.1, 0.15) is 74.7 Å². The monoisotopic (exact) mass is 396 g/mol. The van der Waals surface area contributed by atoms with Crippen molar-refractivity contribution in [3.8, 4) is 0 Å². The van der Waals surface area contributed by atoms with Crippen molar-refractivity contribution in [2.75, 3.05) is 13.1 Å². The Morgan fingerprint density at radius 2 is 1.86 bits per heavy atom. The average molecular weight is 397 g/mol. The Bertz CT molecular complexity index is 816. The van der Waals surface area contributed by atoms with Crippen LogP contribution in [-0.2, 0) is 4.79 Å². The van der Waals surface area contributed by atoms with Gasteiger partial charge in [-0.3, -0.25) is 9.59 Å². The number of benzene rings is 1. The number of nitrogens with two attached hydrogens (primary N) is 1. The molecule has 156 valence electrons. The Morgan fingerprint density at radius 1 is 1.17 bits per heavy atom. The first-order chi connectivity index (χ1) is 14.0. The fourth-order valence-electron chi connectivity index (χ4n) is 4.07. The molecule has 0 aromatic heterocycles. The molecule has 1 aromatic carbocycles. The molecule has 2 amide bonds. The molecule has 0 radical (unpaired) electrons. The molecule has 6 heteroatoms. The van der Waals surface area contributed by atoms with Crippen LogP contribution in [0.2, 0.25) is 0 Å². The summed E-state index contributed by atoms with van der Waals surface area (Å²) < 4.78 is 0. The normalized spacial score (nSPS) is 16.5. The van der Waals surface area contributed by atoms with E-state index in [4.69, 9.17) is 5.73 Å². The smallest absolute Gasteiger partial charge is 0.251 e. The maximum Gasteiger partial charge on any atom is 0.251 e. The van der Waals surface area contributed by atoms with E-state index in [-0.39, 0.29) is 17.9 Å². The van der Waals surface area contributed by atoms with Gasteiger partial charge in [0.2, 0.25) is 5.91 Å². The zero-order valence-corrected chi connectivity index (χ0v) is 17.5. The van der Waals surface area contributed by atoms with E-state index in [0.29, 0.717) is 29.1 Å². The second-order valence-corrected chi connectivity index (χ2v) is 7.97. The van der Waals surface area contributed by atoms with Crippen LogP contribution in [0.25, 0.3) is 6.08 Å². The SMILES string of the molecule is CCCN(CCC)C(=O)C1=Cc2ccc(C(=O)NC3CCCC3)cc2N=C(N)C1. The van der Waals surface area contributed by atoms with E-state index in [1.54, 1.807) is 12.1 Å². The van der Waals surface area contributed by atoms with Crippen LogP contribution < -0.4 is 11.1 Å². The molecule has 1 saturated carbocycles. The van der Waals surface area contributed by atoms with Crippen LogP contribution in [0.5, 0.6) is 0 Å². The number of hydrogen-bond donors (Lipinski definition) is 2. The summed E-state index contributed by atoms with van der Waals surface area (Å²) in [5, 5.41) is 3.10. The van der Waals surface area contributed by atoms with Gasteiger partial charge in [-0.1, -0.05) is 32.8 Å². The fourth-order valence-corrected chi connectivity index (χ4v) is 4.07. The maximum atomic E-state index is 13.0. The highest BCUT2D eigenvalue weighted by atomic mass is 16.2. The Kier molecular flexibility index (Phi) is 7.07. The second-order valence-electron chi connectivity index (χ2n) is 7.97. The highest BCUT2D eigenvalue weighted by Gasteiger charge is 2.22. The molecule has 3 rings (SSSR count). The van der Waals surface area contributed by atoms with Crippen LogP contribution in [0.4, 0.5) is 5.69 Å². The predicted molar refractivity (Wildman–Crippen MR) is 117 cm³/mol. The lowest BCUT2D eigenvalue weighted by Gasteiger charge is -2.22. The number of fused-ring (bicyclic) bond motifs is 1. The van der Waals surface area contributed by atoms with Crippen molar-refractivity contribution in [3.05, 3.63) is 34.9 Å². The highest BCUT2D eigenvalue weighted by molar-refractivity contribution is 6.06. The van der Waals surface area contributed by atoms with Crippen molar-refractivity contribution >= 4 is 29.4 Å². The van der Waals surface area contributed by atoms with E-state index in [1.807, 2.05) is 17.0 Å². The topological polar surface area (TPSA) is 87.8 Å². The van der Waals surface area contributed by atoms with Gasteiger partial charge in [0.15, 0.2) is 0 Å². The van der Waals surface area contributed by atoms with Gasteiger partial charge < -0.3 is 16.0 Å². The second kappa shape index (κ2) is 9.72. The minimum atomic E-state index is -0.0740. The number of amides is 2. The lowest BCUT2D eigenvalue weighted by atomic mass is 10.0. The third-order valence-electron chi connectivity index (χ3n) is 5.50. The number of rotatable bonds is 7. The van der Waals surface area contributed by atoms with Gasteiger partial charge in [-0.2, -0.15) is 0 Å². The summed E-state index contributed by atoms with van der Waals surface area (Å²) >= 11 is 0. The number of hydrogen-bond acceptors (Lipinski definition) is 4. The van der Waals surface area contributed by atoms with Gasteiger partial charge in [0, 0.05) is 42.3 Å². The summed E-state index contributed by atoms with van der Waals surface area (Å²) in [7, 11) is 0. The molecule has 3 N–H and O–H groups in total. The van der Waals surface area contributed by atoms with Gasteiger partial charge in [0.25, 0.3) is 5.91 Å². The van der Waals surface area contributed by atoms with Gasteiger partial charge in [-0.25, -0.2) is 4.99 Å². The quantitative estimate of drug-likeness (QED) is 0.735. The van der Waals surface area contributed by atoms with Crippen molar-refractivity contribution in [2.24, 2.45) is 10.7 Å². The third-order valence-corrected chi connectivity index (χ3v) is 5.50. The summed E-state index contributed by atoms with van der Waals surface area (Å²) in [6.45, 7) is 5.60. The molecule has 1 aliphatic heterocycles. The Balaban J connectivity index is 1.84. The summed E-state index contributed by atoms with van der Waals surface area (Å²) in [4.78, 5) is 32.0. The molecule has 1 heterocycles. The molecule has 0 atom stereocenters. The van der Waals surface area contributed by atoms with E-state index < -0.39 is 0 Å². The van der Waals surface area contributed by atoms with Gasteiger partial charge >= 0.3 is 0 Å². The first kappa shape index (κ1) is 21.1. The van der Waals surface area contributed by atoms with Crippen molar-refractivity contribution in [2.45, 2.75) is 64.8 Å². The molecule has 0 bridgehead atoms. The average Bonchev–Trinajstić information content (AvgIpc) is 3.14. The molecular weight excluding hydrogens is 364 g/mol. The molecule has 1 aromatic rings. The molecule has 29 heavy (non-hydrogen) atoms. The van der Waals surface area contributed by atoms with Crippen LogP contribution in [-0.4, -0.2) is 41.7 Å². The molecule has 1 aliphatic carbocycles. The van der Waals surface area contributed by atoms with Crippen molar-refractivity contribution in [3.63, 3.8) is 0 Å². The van der Waals surface area contributed by atoms with Crippen LogP contribution >= 0.6 is 0 Å². The maximum absolute atomic E-state index is 13.0. The van der Waals surface area contributed by atoms with Crippen molar-refractivity contribution in [1.82, 2.24) is 10.2 Å². The van der Waals surface area contributed by atoms with E-state index in [0.717, 1.165) is 44.3 Å². The predicted octanol–water partition coefficient (Wildman–Crippen LogP) is 3.78. The van der Waals surface area contributed by atoms with Gasteiger partial charge in [0.1, 0.15) is 5.84 Å². The molecule has 1 fully saturated rings. The number of amidine groups is 1. The van der Waals surface area contributed by atoms with E-state index in [2.05, 4.69) is 24.2 Å². The van der Waals surface area contributed by atoms with Crippen LogP contribution in [0.15, 0.2) is 28.8 Å². The van der Waals surface area contributed by atoms with E-state index in [9.17, 15) is 9.59 Å². The van der Waals surface area contributed by atoms with Crippen LogP contribution in [0, 0.1) is 0 Å². The Morgan fingerprint density at radius 3 is 2.52 bits per heavy atom. The Hall–Kier alpha value is -2.63. The molecule has 0 saturated heterocycles. The first-order valence-electron chi connectivity index (χ1n) is 10.8. The van der Waals surface area contributed by atoms with Crippen molar-refractivity contribution < 1.29 is 9.59 Å². The number of aliphatic imine (C=N–C) groups is 1. The molecule has 0 unspecified atom stereocenters. The summed E-state index contributed by atoms with van der Waals surface area (Å²) in [6, 6.07) is 5.70. The molecule has 6 nitrogen and oxygen atoms in total. The minimum Gasteiger partial charge on any atom is -0.387 e. The number of carbonyl (C=O) groups is 2. The zero-order valence-electron chi connectivity index (χ0n) is 17.5. The number of carbonyl (C=O) groups excluding carboxylic acids is 2. The molecular formula is C23H32N4O2. The van der Waals surface area contributed by atoms with Crippen LogP contribution in [0.3, 0.4) is 0 Å². The largest absolute Gasteiger partial charge is 0.387 e. The highest BCUT2D eigenvalue weighted by Crippen LogP contribution is 2.29. The Labute approximate surface area is 173 Å². The van der Waals surface area contributed by atoms with E-state index in [1.165, 1.54) is 12.8 Å². The standard InChI is InChI=1S/C23H32N4O2/c1-3-11-27(12-4-2)23(29)18-13-16-9-10-17(14-20(16)26-21(24)15-18)22(28)25-19-7-5-6-8-19/h9-10,13-14,19H,3-8,11-12,15H2,1-2H3,(H2,24,26)(H,25,28). The zero-order chi connectivity index (χ0) is 20.8. The van der Waals surface area contributed by atoms with Gasteiger partial charge in [-0.05, 0) is 43.9 Å².